The van der Waals surface area contributed by atoms with Gasteiger partial charge in [0, 0.05) is 23.4 Å². The molecule has 0 saturated heterocycles. The van der Waals surface area contributed by atoms with E-state index in [1.54, 1.807) is 18.3 Å². The van der Waals surface area contributed by atoms with Crippen molar-refractivity contribution in [2.24, 2.45) is 0 Å². The summed E-state index contributed by atoms with van der Waals surface area (Å²) in [4.78, 5) is 20.5. The number of imidazole rings is 1. The van der Waals surface area contributed by atoms with Crippen LogP contribution in [0.15, 0.2) is 35.3 Å². The number of fused-ring (bicyclic) bond motifs is 1. The number of nitrogens with one attached hydrogen (secondary N) is 2. The van der Waals surface area contributed by atoms with E-state index in [1.165, 1.54) is 19.2 Å². The molecule has 0 unspecified atom stereocenters. The largest absolute Gasteiger partial charge is 0.496 e. The Morgan fingerprint density at radius 3 is 2.89 bits per heavy atom. The molecule has 5 nitrogen and oxygen atoms in total. The van der Waals surface area contributed by atoms with Crippen LogP contribution < -0.4 is 10.4 Å². The topological polar surface area (TPSA) is 70.8 Å². The summed E-state index contributed by atoms with van der Waals surface area (Å²) in [5.74, 6) is 0.0451. The number of ether oxygens (including phenoxy) is 1. The van der Waals surface area contributed by atoms with Crippen molar-refractivity contribution in [3.63, 3.8) is 0 Å². The number of H-pyrrole nitrogens is 2. The zero-order chi connectivity index (χ0) is 13.4. The van der Waals surface area contributed by atoms with E-state index >= 15 is 0 Å². The fourth-order valence-corrected chi connectivity index (χ4v) is 1.97. The minimum absolute atomic E-state index is 0.314. The van der Waals surface area contributed by atoms with Crippen LogP contribution in [0.4, 0.5) is 4.39 Å². The number of nitrogens with zero attached hydrogens (tertiary/aromatic N) is 1. The van der Waals surface area contributed by atoms with Gasteiger partial charge in [-0.2, -0.15) is 0 Å². The smallest absolute Gasteiger partial charge is 0.325 e. The third kappa shape index (κ3) is 1.97. The fraction of sp³-hybridized carbons (Fsp3) is 0.0769. The molecule has 0 spiro atoms. The van der Waals surface area contributed by atoms with Gasteiger partial charge in [0.15, 0.2) is 5.65 Å². The van der Waals surface area contributed by atoms with Crippen molar-refractivity contribution in [2.45, 2.75) is 0 Å². The molecule has 0 bridgehead atoms. The summed E-state index contributed by atoms with van der Waals surface area (Å²) in [6.45, 7) is 0. The summed E-state index contributed by atoms with van der Waals surface area (Å²) in [6, 6.07) is 6.03. The predicted molar refractivity (Wildman–Crippen MR) is 68.7 cm³/mol. The first-order chi connectivity index (χ1) is 9.17. The standard InChI is InChI=1S/C13H10FN3O2/c1-19-11-5-8(14)2-3-9(11)7-4-10-12(15-6-7)17-13(18)16-10/h2-6H,1H3,(H2,15,16,17,18). The van der Waals surface area contributed by atoms with Crippen LogP contribution in [0, 0.1) is 5.82 Å². The van der Waals surface area contributed by atoms with Gasteiger partial charge in [0.05, 0.1) is 12.6 Å². The van der Waals surface area contributed by atoms with Crippen molar-refractivity contribution in [3.8, 4) is 16.9 Å². The predicted octanol–water partition coefficient (Wildman–Crippen LogP) is 2.07. The van der Waals surface area contributed by atoms with E-state index < -0.39 is 0 Å². The monoisotopic (exact) mass is 259 g/mol. The molecule has 3 rings (SSSR count). The van der Waals surface area contributed by atoms with Gasteiger partial charge in [0.1, 0.15) is 11.6 Å². The molecule has 0 aliphatic heterocycles. The highest BCUT2D eigenvalue weighted by Crippen LogP contribution is 2.30. The maximum Gasteiger partial charge on any atom is 0.325 e. The van der Waals surface area contributed by atoms with Crippen LogP contribution in [0.5, 0.6) is 5.75 Å². The van der Waals surface area contributed by atoms with Crippen molar-refractivity contribution in [1.82, 2.24) is 15.0 Å². The maximum absolute atomic E-state index is 13.2. The van der Waals surface area contributed by atoms with Crippen molar-refractivity contribution < 1.29 is 9.13 Å². The molecule has 19 heavy (non-hydrogen) atoms. The maximum atomic E-state index is 13.2. The Balaban J connectivity index is 2.20. The molecule has 3 aromatic rings. The molecule has 2 aromatic heterocycles. The highest BCUT2D eigenvalue weighted by atomic mass is 19.1. The van der Waals surface area contributed by atoms with Crippen LogP contribution >= 0.6 is 0 Å². The van der Waals surface area contributed by atoms with Gasteiger partial charge in [-0.15, -0.1) is 0 Å². The molecule has 2 heterocycles. The van der Waals surface area contributed by atoms with Gasteiger partial charge >= 0.3 is 5.69 Å². The molecule has 6 heteroatoms. The lowest BCUT2D eigenvalue weighted by molar-refractivity contribution is 0.413. The third-order valence-electron chi connectivity index (χ3n) is 2.84. The Hall–Kier alpha value is -2.63. The molecule has 0 fully saturated rings. The second kappa shape index (κ2) is 4.24. The van der Waals surface area contributed by atoms with E-state index in [4.69, 9.17) is 4.74 Å². The van der Waals surface area contributed by atoms with Crippen molar-refractivity contribution in [3.05, 3.63) is 46.8 Å². The zero-order valence-corrected chi connectivity index (χ0v) is 10.0. The lowest BCUT2D eigenvalue weighted by Gasteiger charge is -2.08. The molecule has 0 radical (unpaired) electrons. The summed E-state index contributed by atoms with van der Waals surface area (Å²) in [6.07, 6.45) is 1.60. The quantitative estimate of drug-likeness (QED) is 0.740. The zero-order valence-electron chi connectivity index (χ0n) is 10.0. The average molecular weight is 259 g/mol. The van der Waals surface area contributed by atoms with Crippen LogP contribution in [-0.2, 0) is 0 Å². The summed E-state index contributed by atoms with van der Waals surface area (Å²) >= 11 is 0. The van der Waals surface area contributed by atoms with Crippen LogP contribution in [-0.4, -0.2) is 22.1 Å². The number of halogens is 1. The van der Waals surface area contributed by atoms with Gasteiger partial charge in [0.25, 0.3) is 0 Å². The molecular weight excluding hydrogens is 249 g/mol. The number of pyridine rings is 1. The third-order valence-corrected chi connectivity index (χ3v) is 2.84. The first-order valence-electron chi connectivity index (χ1n) is 5.59. The minimum atomic E-state index is -0.371. The van der Waals surface area contributed by atoms with Crippen LogP contribution in [0.2, 0.25) is 0 Å². The summed E-state index contributed by atoms with van der Waals surface area (Å²) < 4.78 is 18.3. The van der Waals surface area contributed by atoms with E-state index in [2.05, 4.69) is 15.0 Å². The molecule has 0 amide bonds. The van der Waals surface area contributed by atoms with Gasteiger partial charge in [-0.05, 0) is 18.2 Å². The van der Waals surface area contributed by atoms with Gasteiger partial charge in [0.2, 0.25) is 0 Å². The number of benzene rings is 1. The van der Waals surface area contributed by atoms with E-state index in [0.717, 1.165) is 5.56 Å². The highest BCUT2D eigenvalue weighted by molar-refractivity contribution is 5.79. The Labute approximate surface area is 107 Å². The highest BCUT2D eigenvalue weighted by Gasteiger charge is 2.09. The Morgan fingerprint density at radius 2 is 2.11 bits per heavy atom. The van der Waals surface area contributed by atoms with E-state index in [0.29, 0.717) is 22.5 Å². The van der Waals surface area contributed by atoms with Crippen LogP contribution in [0.25, 0.3) is 22.3 Å². The second-order valence-corrected chi connectivity index (χ2v) is 4.04. The first-order valence-corrected chi connectivity index (χ1v) is 5.59. The Kier molecular flexibility index (Phi) is 2.56. The number of hydrogen-bond acceptors (Lipinski definition) is 3. The van der Waals surface area contributed by atoms with E-state index in [-0.39, 0.29) is 11.5 Å². The number of methoxy groups -OCH3 is 1. The van der Waals surface area contributed by atoms with Gasteiger partial charge < -0.3 is 9.72 Å². The summed E-state index contributed by atoms with van der Waals surface area (Å²) in [5.41, 5.74) is 2.20. The lowest BCUT2D eigenvalue weighted by atomic mass is 10.1. The Morgan fingerprint density at radius 1 is 1.26 bits per heavy atom. The average Bonchev–Trinajstić information content (AvgIpc) is 2.77. The number of rotatable bonds is 2. The Bertz CT molecular complexity index is 807. The van der Waals surface area contributed by atoms with Crippen molar-refractivity contribution >= 4 is 11.2 Å². The van der Waals surface area contributed by atoms with Crippen molar-refractivity contribution in [1.29, 1.82) is 0 Å². The van der Waals surface area contributed by atoms with Crippen LogP contribution in [0.1, 0.15) is 0 Å². The van der Waals surface area contributed by atoms with E-state index in [1.807, 2.05) is 0 Å². The molecule has 0 saturated carbocycles. The lowest BCUT2D eigenvalue weighted by Crippen LogP contribution is -1.99. The molecule has 0 aliphatic carbocycles. The van der Waals surface area contributed by atoms with Gasteiger partial charge in [-0.3, -0.25) is 4.98 Å². The molecule has 0 aliphatic rings. The fourth-order valence-electron chi connectivity index (χ4n) is 1.97. The van der Waals surface area contributed by atoms with Crippen LogP contribution in [0.3, 0.4) is 0 Å². The number of aromatic nitrogens is 3. The van der Waals surface area contributed by atoms with Crippen molar-refractivity contribution in [2.75, 3.05) is 7.11 Å². The molecule has 2 N–H and O–H groups in total. The second-order valence-electron chi connectivity index (χ2n) is 4.04. The molecule has 96 valence electrons. The number of hydrogen-bond donors (Lipinski definition) is 2. The van der Waals surface area contributed by atoms with E-state index in [9.17, 15) is 9.18 Å². The molecular formula is C13H10FN3O2. The normalized spacial score (nSPS) is 10.8. The summed E-state index contributed by atoms with van der Waals surface area (Å²) in [5, 5.41) is 0. The minimum Gasteiger partial charge on any atom is -0.496 e. The number of aromatic amines is 2. The van der Waals surface area contributed by atoms with Gasteiger partial charge in [-0.25, -0.2) is 14.2 Å². The van der Waals surface area contributed by atoms with Gasteiger partial charge in [-0.1, -0.05) is 0 Å². The first kappa shape index (κ1) is 11.5. The molecule has 1 aromatic carbocycles. The molecule has 0 atom stereocenters. The summed E-state index contributed by atoms with van der Waals surface area (Å²) in [7, 11) is 1.47. The SMILES string of the molecule is COc1cc(F)ccc1-c1cnc2[nH]c(=O)[nH]c2c1.